The number of nitrogens with one attached hydrogen (secondary N) is 1. The average molecular weight is 143 g/mol. The van der Waals surface area contributed by atoms with Crippen LogP contribution in [0.5, 0.6) is 0 Å². The Labute approximate surface area is 60.7 Å². The molecule has 0 aromatic rings. The maximum atomic E-state index is 5.41. The Morgan fingerprint density at radius 1 is 1.10 bits per heavy atom. The number of hydrogen-bond donors (Lipinski definition) is 1. The molecule has 10 heavy (non-hydrogen) atoms. The first-order valence-corrected chi connectivity index (χ1v) is 3.78. The molecular weight excluding hydrogens is 130 g/mol. The largest absolute Gasteiger partial charge is 0.380 e. The average Bonchev–Trinajstić information content (AvgIpc) is 2.08. The van der Waals surface area contributed by atoms with Crippen molar-refractivity contribution in [3.05, 3.63) is 0 Å². The Bertz CT molecular complexity index is 113. The molecule has 0 radical (unpaired) electrons. The van der Waals surface area contributed by atoms with E-state index in [-0.39, 0.29) is 0 Å². The minimum absolute atomic E-state index is 0.330. The third kappa shape index (κ3) is 1.05. The van der Waals surface area contributed by atoms with Gasteiger partial charge in [0.2, 0.25) is 0 Å². The minimum Gasteiger partial charge on any atom is -0.380 e. The summed E-state index contributed by atoms with van der Waals surface area (Å²) in [5, 5.41) is 3.34. The van der Waals surface area contributed by atoms with E-state index in [1.165, 1.54) is 0 Å². The van der Waals surface area contributed by atoms with Crippen LogP contribution in [0.1, 0.15) is 0 Å². The molecule has 0 aromatic heterocycles. The third-order valence-corrected chi connectivity index (χ3v) is 2.15. The van der Waals surface area contributed by atoms with Gasteiger partial charge in [0.15, 0.2) is 0 Å². The fourth-order valence-electron chi connectivity index (χ4n) is 1.41. The Balaban J connectivity index is 1.92. The summed E-state index contributed by atoms with van der Waals surface area (Å²) in [4.78, 5) is 0. The molecule has 1 N–H and O–H groups in total. The maximum Gasteiger partial charge on any atom is 0.0591 e. The van der Waals surface area contributed by atoms with Crippen LogP contribution in [0.3, 0.4) is 0 Å². The lowest BCUT2D eigenvalue weighted by Crippen LogP contribution is -2.51. The SMILES string of the molecule is C1COCC2(CN1)COC2. The van der Waals surface area contributed by atoms with Crippen LogP contribution in [0.2, 0.25) is 0 Å². The molecule has 2 fully saturated rings. The van der Waals surface area contributed by atoms with Crippen molar-refractivity contribution in [2.45, 2.75) is 0 Å². The van der Waals surface area contributed by atoms with Gasteiger partial charge in [-0.1, -0.05) is 0 Å². The number of ether oxygens (including phenoxy) is 2. The normalized spacial score (nSPS) is 31.2. The van der Waals surface area contributed by atoms with Crippen molar-refractivity contribution in [3.8, 4) is 0 Å². The van der Waals surface area contributed by atoms with Crippen molar-refractivity contribution in [2.75, 3.05) is 39.5 Å². The van der Waals surface area contributed by atoms with Gasteiger partial charge in [0.1, 0.15) is 0 Å². The Kier molecular flexibility index (Phi) is 1.64. The molecule has 0 bridgehead atoms. The van der Waals surface area contributed by atoms with Gasteiger partial charge in [-0.25, -0.2) is 0 Å². The lowest BCUT2D eigenvalue weighted by atomic mass is 9.87. The monoisotopic (exact) mass is 143 g/mol. The first-order valence-electron chi connectivity index (χ1n) is 3.78. The second-order valence-electron chi connectivity index (χ2n) is 3.22. The third-order valence-electron chi connectivity index (χ3n) is 2.15. The van der Waals surface area contributed by atoms with E-state index in [2.05, 4.69) is 5.32 Å². The van der Waals surface area contributed by atoms with Crippen LogP contribution < -0.4 is 5.32 Å². The maximum absolute atomic E-state index is 5.41. The van der Waals surface area contributed by atoms with Crippen LogP contribution in [0.15, 0.2) is 0 Å². The summed E-state index contributed by atoms with van der Waals surface area (Å²) in [6.45, 7) is 5.52. The molecule has 0 unspecified atom stereocenters. The van der Waals surface area contributed by atoms with Crippen molar-refractivity contribution < 1.29 is 9.47 Å². The molecule has 3 heteroatoms. The molecule has 0 aromatic carbocycles. The van der Waals surface area contributed by atoms with E-state index in [9.17, 15) is 0 Å². The van der Waals surface area contributed by atoms with Crippen LogP contribution >= 0.6 is 0 Å². The lowest BCUT2D eigenvalue weighted by Gasteiger charge is -2.39. The van der Waals surface area contributed by atoms with E-state index < -0.39 is 0 Å². The van der Waals surface area contributed by atoms with E-state index in [0.29, 0.717) is 5.41 Å². The van der Waals surface area contributed by atoms with E-state index in [0.717, 1.165) is 39.5 Å². The second-order valence-corrected chi connectivity index (χ2v) is 3.22. The molecule has 2 saturated heterocycles. The fourth-order valence-corrected chi connectivity index (χ4v) is 1.41. The zero-order valence-corrected chi connectivity index (χ0v) is 6.06. The van der Waals surface area contributed by atoms with Crippen molar-refractivity contribution in [2.24, 2.45) is 5.41 Å². The first kappa shape index (κ1) is 6.58. The van der Waals surface area contributed by atoms with Crippen LogP contribution in [0, 0.1) is 5.41 Å². The van der Waals surface area contributed by atoms with Crippen molar-refractivity contribution >= 4 is 0 Å². The van der Waals surface area contributed by atoms with Gasteiger partial charge in [0, 0.05) is 13.1 Å². The van der Waals surface area contributed by atoms with Gasteiger partial charge >= 0.3 is 0 Å². The molecular formula is C7H13NO2. The summed E-state index contributed by atoms with van der Waals surface area (Å²) in [5.41, 5.74) is 0.330. The summed E-state index contributed by atoms with van der Waals surface area (Å²) in [7, 11) is 0. The molecule has 0 saturated carbocycles. The van der Waals surface area contributed by atoms with Gasteiger partial charge in [-0.3, -0.25) is 0 Å². The van der Waals surface area contributed by atoms with Crippen LogP contribution in [0.4, 0.5) is 0 Å². The molecule has 0 amide bonds. The van der Waals surface area contributed by atoms with Gasteiger partial charge in [-0.2, -0.15) is 0 Å². The molecule has 0 aliphatic carbocycles. The molecule has 1 spiro atoms. The quantitative estimate of drug-likeness (QED) is 0.501. The summed E-state index contributed by atoms with van der Waals surface area (Å²) in [5.74, 6) is 0. The molecule has 2 rings (SSSR count). The fraction of sp³-hybridized carbons (Fsp3) is 1.00. The molecule has 2 aliphatic rings. The molecule has 2 aliphatic heterocycles. The number of rotatable bonds is 0. The molecule has 0 atom stereocenters. The smallest absolute Gasteiger partial charge is 0.0591 e. The lowest BCUT2D eigenvalue weighted by molar-refractivity contribution is -0.137. The Morgan fingerprint density at radius 3 is 2.60 bits per heavy atom. The van der Waals surface area contributed by atoms with Gasteiger partial charge in [0.05, 0.1) is 31.8 Å². The highest BCUT2D eigenvalue weighted by Crippen LogP contribution is 2.27. The summed E-state index contributed by atoms with van der Waals surface area (Å²) in [6.07, 6.45) is 0. The van der Waals surface area contributed by atoms with Crippen LogP contribution in [0.25, 0.3) is 0 Å². The highest BCUT2D eigenvalue weighted by Gasteiger charge is 2.39. The highest BCUT2D eigenvalue weighted by molar-refractivity contribution is 4.88. The van der Waals surface area contributed by atoms with Gasteiger partial charge in [0.25, 0.3) is 0 Å². The van der Waals surface area contributed by atoms with Gasteiger partial charge < -0.3 is 14.8 Å². The van der Waals surface area contributed by atoms with E-state index in [1.807, 2.05) is 0 Å². The predicted octanol–water partition coefficient (Wildman–Crippen LogP) is -0.377. The zero-order chi connectivity index (χ0) is 6.86. The predicted molar refractivity (Wildman–Crippen MR) is 36.9 cm³/mol. The first-order chi connectivity index (χ1) is 4.91. The van der Waals surface area contributed by atoms with Gasteiger partial charge in [-0.15, -0.1) is 0 Å². The Morgan fingerprint density at radius 2 is 1.90 bits per heavy atom. The van der Waals surface area contributed by atoms with Crippen molar-refractivity contribution in [3.63, 3.8) is 0 Å². The Hall–Kier alpha value is -0.120. The minimum atomic E-state index is 0.330. The molecule has 3 nitrogen and oxygen atoms in total. The van der Waals surface area contributed by atoms with E-state index in [1.54, 1.807) is 0 Å². The number of hydrogen-bond acceptors (Lipinski definition) is 3. The van der Waals surface area contributed by atoms with Gasteiger partial charge in [-0.05, 0) is 0 Å². The molecule has 58 valence electrons. The summed E-state index contributed by atoms with van der Waals surface area (Å²) < 4.78 is 10.6. The van der Waals surface area contributed by atoms with E-state index in [4.69, 9.17) is 9.47 Å². The summed E-state index contributed by atoms with van der Waals surface area (Å²) >= 11 is 0. The van der Waals surface area contributed by atoms with Crippen LogP contribution in [-0.2, 0) is 9.47 Å². The van der Waals surface area contributed by atoms with E-state index >= 15 is 0 Å². The summed E-state index contributed by atoms with van der Waals surface area (Å²) in [6, 6.07) is 0. The molecule has 2 heterocycles. The topological polar surface area (TPSA) is 30.5 Å². The zero-order valence-electron chi connectivity index (χ0n) is 6.06. The van der Waals surface area contributed by atoms with Crippen LogP contribution in [-0.4, -0.2) is 39.5 Å². The van der Waals surface area contributed by atoms with Crippen molar-refractivity contribution in [1.29, 1.82) is 0 Å². The standard InChI is InChI=1S/C7H13NO2/c1-2-9-4-7(3-8-1)5-10-6-7/h8H,1-6H2. The van der Waals surface area contributed by atoms with Crippen molar-refractivity contribution in [1.82, 2.24) is 5.32 Å². The highest BCUT2D eigenvalue weighted by atomic mass is 16.5. The second kappa shape index (κ2) is 2.49.